The fraction of sp³-hybridized carbons (Fsp3) is 0.750. The first-order valence-electron chi connectivity index (χ1n) is 6.29. The number of rotatable bonds is 9. The fourth-order valence-corrected chi connectivity index (χ4v) is 1.71. The van der Waals surface area contributed by atoms with E-state index in [1.807, 2.05) is 13.8 Å². The molecular weight excluding hydrogens is 250 g/mol. The van der Waals surface area contributed by atoms with Crippen LogP contribution in [-0.2, 0) is 14.4 Å². The SMILES string of the molecule is CC(C)CC(CN)C(=O)N[C@H](CCC(N)=O)C(=O)O. The molecule has 0 fully saturated rings. The topological polar surface area (TPSA) is 136 Å². The lowest BCUT2D eigenvalue weighted by atomic mass is 9.96. The highest BCUT2D eigenvalue weighted by Crippen LogP contribution is 2.11. The van der Waals surface area contributed by atoms with Crippen molar-refractivity contribution in [2.75, 3.05) is 6.54 Å². The number of hydrogen-bond donors (Lipinski definition) is 4. The van der Waals surface area contributed by atoms with Crippen LogP contribution in [0.4, 0.5) is 0 Å². The van der Waals surface area contributed by atoms with Gasteiger partial charge in [0.1, 0.15) is 6.04 Å². The maximum atomic E-state index is 11.9. The van der Waals surface area contributed by atoms with Gasteiger partial charge < -0.3 is 21.9 Å². The van der Waals surface area contributed by atoms with Gasteiger partial charge in [-0.05, 0) is 18.8 Å². The average molecular weight is 273 g/mol. The van der Waals surface area contributed by atoms with E-state index in [1.165, 1.54) is 0 Å². The molecule has 2 atom stereocenters. The van der Waals surface area contributed by atoms with Crippen molar-refractivity contribution >= 4 is 17.8 Å². The number of carbonyl (C=O) groups excluding carboxylic acids is 2. The summed E-state index contributed by atoms with van der Waals surface area (Å²) in [6.07, 6.45) is 0.481. The first-order valence-corrected chi connectivity index (χ1v) is 6.29. The number of aliphatic carboxylic acids is 1. The van der Waals surface area contributed by atoms with Crippen LogP contribution in [0.3, 0.4) is 0 Å². The maximum Gasteiger partial charge on any atom is 0.326 e. The monoisotopic (exact) mass is 273 g/mol. The summed E-state index contributed by atoms with van der Waals surface area (Å²) >= 11 is 0. The largest absolute Gasteiger partial charge is 0.480 e. The fourth-order valence-electron chi connectivity index (χ4n) is 1.71. The van der Waals surface area contributed by atoms with Crippen molar-refractivity contribution in [2.24, 2.45) is 23.3 Å². The first kappa shape index (κ1) is 17.4. The zero-order chi connectivity index (χ0) is 15.0. The van der Waals surface area contributed by atoms with Crippen molar-refractivity contribution in [2.45, 2.75) is 39.2 Å². The molecule has 0 saturated carbocycles. The molecule has 0 spiro atoms. The van der Waals surface area contributed by atoms with E-state index < -0.39 is 29.7 Å². The molecule has 0 aromatic heterocycles. The second-order valence-corrected chi connectivity index (χ2v) is 4.97. The molecule has 6 N–H and O–H groups in total. The van der Waals surface area contributed by atoms with Crippen LogP contribution in [0.2, 0.25) is 0 Å². The second kappa shape index (κ2) is 8.47. The highest BCUT2D eigenvalue weighted by molar-refractivity contribution is 5.85. The third-order valence-corrected chi connectivity index (χ3v) is 2.71. The van der Waals surface area contributed by atoms with Crippen molar-refractivity contribution < 1.29 is 19.5 Å². The minimum atomic E-state index is -1.19. The molecule has 0 saturated heterocycles. The Balaban J connectivity index is 4.51. The van der Waals surface area contributed by atoms with E-state index in [0.717, 1.165) is 0 Å². The van der Waals surface area contributed by atoms with Gasteiger partial charge in [0.15, 0.2) is 0 Å². The Labute approximate surface area is 112 Å². The molecule has 0 radical (unpaired) electrons. The van der Waals surface area contributed by atoms with Crippen LogP contribution >= 0.6 is 0 Å². The van der Waals surface area contributed by atoms with Gasteiger partial charge in [0.2, 0.25) is 11.8 Å². The summed E-state index contributed by atoms with van der Waals surface area (Å²) in [6, 6.07) is -1.11. The van der Waals surface area contributed by atoms with E-state index in [9.17, 15) is 14.4 Å². The maximum absolute atomic E-state index is 11.9. The molecule has 0 bridgehead atoms. The average Bonchev–Trinajstić information content (AvgIpc) is 2.30. The minimum Gasteiger partial charge on any atom is -0.480 e. The van der Waals surface area contributed by atoms with Crippen molar-refractivity contribution in [3.63, 3.8) is 0 Å². The highest BCUT2D eigenvalue weighted by atomic mass is 16.4. The Hall–Kier alpha value is -1.63. The summed E-state index contributed by atoms with van der Waals surface area (Å²) < 4.78 is 0. The lowest BCUT2D eigenvalue weighted by Gasteiger charge is -2.20. The molecule has 1 unspecified atom stereocenters. The summed E-state index contributed by atoms with van der Waals surface area (Å²) in [7, 11) is 0. The number of carbonyl (C=O) groups is 3. The molecule has 0 aliphatic rings. The number of hydrogen-bond acceptors (Lipinski definition) is 4. The number of carboxylic acid groups (broad SMARTS) is 1. The summed E-state index contributed by atoms with van der Waals surface area (Å²) in [5.41, 5.74) is 10.5. The first-order chi connectivity index (χ1) is 8.77. The predicted octanol–water partition coefficient (Wildman–Crippen LogP) is -0.558. The number of nitrogens with one attached hydrogen (secondary N) is 1. The van der Waals surface area contributed by atoms with Crippen molar-refractivity contribution in [3.05, 3.63) is 0 Å². The standard InChI is InChI=1S/C12H23N3O4/c1-7(2)5-8(6-13)11(17)15-9(12(18)19)3-4-10(14)16/h7-9H,3-6,13H2,1-2H3,(H2,14,16)(H,15,17)(H,18,19)/t8?,9-/m1/s1. The predicted molar refractivity (Wildman–Crippen MR) is 70.0 cm³/mol. The number of nitrogens with two attached hydrogens (primary N) is 2. The Morgan fingerprint density at radius 1 is 1.26 bits per heavy atom. The minimum absolute atomic E-state index is 0.0185. The van der Waals surface area contributed by atoms with Gasteiger partial charge >= 0.3 is 5.97 Å². The van der Waals surface area contributed by atoms with E-state index in [0.29, 0.717) is 6.42 Å². The van der Waals surface area contributed by atoms with Crippen LogP contribution in [0.25, 0.3) is 0 Å². The second-order valence-electron chi connectivity index (χ2n) is 4.97. The summed E-state index contributed by atoms with van der Waals surface area (Å²) in [4.78, 5) is 33.5. The summed E-state index contributed by atoms with van der Waals surface area (Å²) in [5.74, 6) is -2.32. The van der Waals surface area contributed by atoms with Crippen LogP contribution in [-0.4, -0.2) is 35.5 Å². The van der Waals surface area contributed by atoms with Gasteiger partial charge in [-0.1, -0.05) is 13.8 Å². The molecule has 0 aliphatic carbocycles. The third kappa shape index (κ3) is 7.40. The van der Waals surface area contributed by atoms with Crippen molar-refractivity contribution in [1.82, 2.24) is 5.32 Å². The number of carboxylic acids is 1. The third-order valence-electron chi connectivity index (χ3n) is 2.71. The van der Waals surface area contributed by atoms with Gasteiger partial charge in [-0.15, -0.1) is 0 Å². The molecule has 7 nitrogen and oxygen atoms in total. The molecule has 0 heterocycles. The van der Waals surface area contributed by atoms with Crippen molar-refractivity contribution in [1.29, 1.82) is 0 Å². The van der Waals surface area contributed by atoms with Crippen LogP contribution in [0.1, 0.15) is 33.1 Å². The van der Waals surface area contributed by atoms with E-state index >= 15 is 0 Å². The molecule has 110 valence electrons. The van der Waals surface area contributed by atoms with Crippen molar-refractivity contribution in [3.8, 4) is 0 Å². The van der Waals surface area contributed by atoms with Gasteiger partial charge in [-0.3, -0.25) is 9.59 Å². The van der Waals surface area contributed by atoms with Crippen LogP contribution in [0.15, 0.2) is 0 Å². The molecule has 0 rings (SSSR count). The molecule has 2 amide bonds. The van der Waals surface area contributed by atoms with Crippen LogP contribution in [0, 0.1) is 11.8 Å². The Bertz CT molecular complexity index is 331. The van der Waals surface area contributed by atoms with Gasteiger partial charge in [0, 0.05) is 13.0 Å². The van der Waals surface area contributed by atoms with Gasteiger partial charge in [0.05, 0.1) is 5.92 Å². The molecule has 0 aromatic carbocycles. The Kier molecular flexibility index (Phi) is 7.74. The van der Waals surface area contributed by atoms with Crippen LogP contribution < -0.4 is 16.8 Å². The molecule has 7 heteroatoms. The zero-order valence-electron chi connectivity index (χ0n) is 11.4. The van der Waals surface area contributed by atoms with Gasteiger partial charge in [-0.25, -0.2) is 4.79 Å². The zero-order valence-corrected chi connectivity index (χ0v) is 11.4. The quantitative estimate of drug-likeness (QED) is 0.446. The van der Waals surface area contributed by atoms with Gasteiger partial charge in [-0.2, -0.15) is 0 Å². The molecule has 0 aliphatic heterocycles. The summed E-state index contributed by atoms with van der Waals surface area (Å²) in [5, 5.41) is 11.4. The number of amides is 2. The van der Waals surface area contributed by atoms with Gasteiger partial charge in [0.25, 0.3) is 0 Å². The molecular formula is C12H23N3O4. The molecule has 0 aromatic rings. The lowest BCUT2D eigenvalue weighted by molar-refractivity contribution is -0.142. The van der Waals surface area contributed by atoms with Crippen LogP contribution in [0.5, 0.6) is 0 Å². The Morgan fingerprint density at radius 3 is 2.21 bits per heavy atom. The Morgan fingerprint density at radius 2 is 1.84 bits per heavy atom. The molecule has 19 heavy (non-hydrogen) atoms. The normalized spacial score (nSPS) is 13.9. The van der Waals surface area contributed by atoms with E-state index in [4.69, 9.17) is 16.6 Å². The highest BCUT2D eigenvalue weighted by Gasteiger charge is 2.25. The lowest BCUT2D eigenvalue weighted by Crippen LogP contribution is -2.45. The van der Waals surface area contributed by atoms with E-state index in [1.54, 1.807) is 0 Å². The summed E-state index contributed by atoms with van der Waals surface area (Å²) in [6.45, 7) is 4.07. The number of primary amides is 1. The smallest absolute Gasteiger partial charge is 0.326 e. The van der Waals surface area contributed by atoms with E-state index in [-0.39, 0.29) is 25.3 Å². The van der Waals surface area contributed by atoms with E-state index in [2.05, 4.69) is 5.32 Å².